The number of benzene rings is 1. The molecule has 28 heavy (non-hydrogen) atoms. The number of anilines is 1. The van der Waals surface area contributed by atoms with Gasteiger partial charge in [0.15, 0.2) is 5.96 Å². The number of halogens is 2. The van der Waals surface area contributed by atoms with E-state index in [1.165, 1.54) is 17.4 Å². The van der Waals surface area contributed by atoms with Crippen molar-refractivity contribution in [2.45, 2.75) is 31.9 Å². The molecule has 0 aliphatic carbocycles. The summed E-state index contributed by atoms with van der Waals surface area (Å²) in [6, 6.07) is 10.6. The monoisotopic (exact) mass is 424 g/mol. The minimum atomic E-state index is -0.664. The summed E-state index contributed by atoms with van der Waals surface area (Å²) in [5.41, 5.74) is 0.928. The van der Waals surface area contributed by atoms with E-state index in [0.29, 0.717) is 10.3 Å². The highest BCUT2D eigenvalue weighted by atomic mass is 35.5. The van der Waals surface area contributed by atoms with E-state index in [-0.39, 0.29) is 18.4 Å². The zero-order valence-corrected chi connectivity index (χ0v) is 17.4. The Kier molecular flexibility index (Phi) is 7.53. The molecule has 1 aromatic carbocycles. The molecule has 1 atom stereocenters. The number of rotatable bonds is 6. The number of thiophene rings is 1. The minimum Gasteiger partial charge on any atom is -0.386 e. The zero-order chi connectivity index (χ0) is 19.9. The van der Waals surface area contributed by atoms with Crippen molar-refractivity contribution in [3.05, 3.63) is 51.4 Å². The number of nitrogens with one attached hydrogen (secondary N) is 2. The van der Waals surface area contributed by atoms with Gasteiger partial charge in [-0.2, -0.15) is 0 Å². The van der Waals surface area contributed by atoms with Crippen molar-refractivity contribution >= 4 is 34.6 Å². The van der Waals surface area contributed by atoms with E-state index in [0.717, 1.165) is 43.0 Å². The van der Waals surface area contributed by atoms with Crippen molar-refractivity contribution in [3.63, 3.8) is 0 Å². The van der Waals surface area contributed by atoms with Gasteiger partial charge < -0.3 is 20.6 Å². The number of hydrogen-bond acceptors (Lipinski definition) is 4. The maximum atomic E-state index is 13.4. The summed E-state index contributed by atoms with van der Waals surface area (Å²) in [5.74, 6) is 0.498. The fourth-order valence-electron chi connectivity index (χ4n) is 3.24. The standard InChI is InChI=1S/C20H26ClFN4OS/c1-2-23-20(24-13-17(27)18-6-7-19(21)28-18)25-15-8-10-26(11-9-15)16-5-3-4-14(22)12-16/h3-7,12,15,17,27H,2,8-11,13H2,1H3,(H2,23,24,25). The van der Waals surface area contributed by atoms with Gasteiger partial charge in [0, 0.05) is 36.2 Å². The van der Waals surface area contributed by atoms with Crippen LogP contribution in [0.1, 0.15) is 30.7 Å². The summed E-state index contributed by atoms with van der Waals surface area (Å²) in [4.78, 5) is 7.54. The molecule has 2 aromatic rings. The summed E-state index contributed by atoms with van der Waals surface area (Å²) < 4.78 is 14.1. The zero-order valence-electron chi connectivity index (χ0n) is 15.9. The van der Waals surface area contributed by atoms with E-state index in [2.05, 4.69) is 20.5 Å². The third-order valence-electron chi connectivity index (χ3n) is 4.70. The van der Waals surface area contributed by atoms with Crippen LogP contribution in [-0.4, -0.2) is 43.3 Å². The Morgan fingerprint density at radius 3 is 2.79 bits per heavy atom. The van der Waals surface area contributed by atoms with Gasteiger partial charge in [0.05, 0.1) is 10.9 Å². The fraction of sp³-hybridized carbons (Fsp3) is 0.450. The Balaban J connectivity index is 1.53. The molecule has 8 heteroatoms. The van der Waals surface area contributed by atoms with Crippen LogP contribution in [0.2, 0.25) is 4.34 Å². The largest absolute Gasteiger partial charge is 0.386 e. The molecule has 0 saturated carbocycles. The Labute approximate surface area is 174 Å². The van der Waals surface area contributed by atoms with Gasteiger partial charge in [0.2, 0.25) is 0 Å². The third kappa shape index (κ3) is 5.83. The van der Waals surface area contributed by atoms with Crippen LogP contribution in [0.3, 0.4) is 0 Å². The summed E-state index contributed by atoms with van der Waals surface area (Å²) in [6.07, 6.45) is 1.20. The second-order valence-electron chi connectivity index (χ2n) is 6.76. The molecule has 2 heterocycles. The molecule has 1 aliphatic rings. The number of nitrogens with zero attached hydrogens (tertiary/aromatic N) is 2. The lowest BCUT2D eigenvalue weighted by molar-refractivity contribution is 0.191. The second kappa shape index (κ2) is 10.1. The molecule has 0 amide bonds. The molecule has 3 rings (SSSR count). The van der Waals surface area contributed by atoms with Gasteiger partial charge in [0.25, 0.3) is 0 Å². The van der Waals surface area contributed by atoms with E-state index in [1.807, 2.05) is 19.1 Å². The summed E-state index contributed by atoms with van der Waals surface area (Å²) >= 11 is 7.30. The molecule has 0 bridgehead atoms. The quantitative estimate of drug-likeness (QED) is 0.487. The van der Waals surface area contributed by atoms with Gasteiger partial charge >= 0.3 is 0 Å². The van der Waals surface area contributed by atoms with Crippen LogP contribution >= 0.6 is 22.9 Å². The van der Waals surface area contributed by atoms with Gasteiger partial charge in [0.1, 0.15) is 11.9 Å². The molecule has 1 fully saturated rings. The highest BCUT2D eigenvalue weighted by molar-refractivity contribution is 7.16. The van der Waals surface area contributed by atoms with Gasteiger partial charge in [-0.3, -0.25) is 4.99 Å². The van der Waals surface area contributed by atoms with Gasteiger partial charge in [-0.15, -0.1) is 11.3 Å². The second-order valence-corrected chi connectivity index (χ2v) is 8.51. The van der Waals surface area contributed by atoms with Crippen molar-refractivity contribution in [3.8, 4) is 0 Å². The first-order valence-corrected chi connectivity index (χ1v) is 10.7. The van der Waals surface area contributed by atoms with Crippen LogP contribution in [0.25, 0.3) is 0 Å². The molecule has 0 spiro atoms. The lowest BCUT2D eigenvalue weighted by atomic mass is 10.0. The lowest BCUT2D eigenvalue weighted by Gasteiger charge is -2.34. The van der Waals surface area contributed by atoms with Crippen molar-refractivity contribution < 1.29 is 9.50 Å². The molecular formula is C20H26ClFN4OS. The number of aliphatic imine (C=N–C) groups is 1. The minimum absolute atomic E-state index is 0.204. The first kappa shape index (κ1) is 20.9. The van der Waals surface area contributed by atoms with Crippen molar-refractivity contribution in [1.82, 2.24) is 10.6 Å². The molecule has 1 aliphatic heterocycles. The van der Waals surface area contributed by atoms with E-state index < -0.39 is 6.10 Å². The SMILES string of the molecule is CCNC(=NCC(O)c1ccc(Cl)s1)NC1CCN(c2cccc(F)c2)CC1. The molecule has 152 valence electrons. The van der Waals surface area contributed by atoms with E-state index in [1.54, 1.807) is 18.2 Å². The highest BCUT2D eigenvalue weighted by Crippen LogP contribution is 2.27. The molecule has 1 saturated heterocycles. The van der Waals surface area contributed by atoms with Crippen molar-refractivity contribution in [1.29, 1.82) is 0 Å². The van der Waals surface area contributed by atoms with E-state index in [9.17, 15) is 9.50 Å². The summed E-state index contributed by atoms with van der Waals surface area (Å²) in [7, 11) is 0. The number of hydrogen-bond donors (Lipinski definition) is 3. The van der Waals surface area contributed by atoms with E-state index >= 15 is 0 Å². The first-order chi connectivity index (χ1) is 13.5. The Bertz CT molecular complexity index is 792. The molecule has 5 nitrogen and oxygen atoms in total. The maximum Gasteiger partial charge on any atom is 0.191 e. The average molecular weight is 425 g/mol. The number of aliphatic hydroxyl groups excluding tert-OH is 1. The molecule has 0 radical (unpaired) electrons. The predicted octanol–water partition coefficient (Wildman–Crippen LogP) is 3.80. The average Bonchev–Trinajstić information content (AvgIpc) is 3.13. The Hall–Kier alpha value is -1.83. The van der Waals surface area contributed by atoms with Crippen LogP contribution in [0, 0.1) is 5.82 Å². The van der Waals surface area contributed by atoms with Gasteiger partial charge in [-0.1, -0.05) is 17.7 Å². The number of aliphatic hydroxyl groups is 1. The molecule has 1 unspecified atom stereocenters. The van der Waals surface area contributed by atoms with Gasteiger partial charge in [-0.05, 0) is 50.1 Å². The Morgan fingerprint density at radius 2 is 2.14 bits per heavy atom. The van der Waals surface area contributed by atoms with Crippen LogP contribution in [0.5, 0.6) is 0 Å². The van der Waals surface area contributed by atoms with E-state index in [4.69, 9.17) is 11.6 Å². The van der Waals surface area contributed by atoms with Crippen LogP contribution in [0.15, 0.2) is 41.4 Å². The first-order valence-electron chi connectivity index (χ1n) is 9.54. The third-order valence-corrected chi connectivity index (χ3v) is 6.03. The number of guanidine groups is 1. The maximum absolute atomic E-state index is 13.4. The molecule has 1 aromatic heterocycles. The van der Waals surface area contributed by atoms with Crippen LogP contribution < -0.4 is 15.5 Å². The molecule has 3 N–H and O–H groups in total. The molecular weight excluding hydrogens is 399 g/mol. The topological polar surface area (TPSA) is 59.9 Å². The summed E-state index contributed by atoms with van der Waals surface area (Å²) in [5, 5.41) is 17.0. The number of piperidine rings is 1. The van der Waals surface area contributed by atoms with Crippen molar-refractivity contribution in [2.75, 3.05) is 31.1 Å². The highest BCUT2D eigenvalue weighted by Gasteiger charge is 2.20. The smallest absolute Gasteiger partial charge is 0.191 e. The summed E-state index contributed by atoms with van der Waals surface area (Å²) in [6.45, 7) is 4.75. The lowest BCUT2D eigenvalue weighted by Crippen LogP contribution is -2.48. The van der Waals surface area contributed by atoms with Crippen molar-refractivity contribution in [2.24, 2.45) is 4.99 Å². The Morgan fingerprint density at radius 1 is 1.36 bits per heavy atom. The van der Waals surface area contributed by atoms with Crippen LogP contribution in [-0.2, 0) is 0 Å². The fourth-order valence-corrected chi connectivity index (χ4v) is 4.28. The predicted molar refractivity (Wildman–Crippen MR) is 115 cm³/mol. The van der Waals surface area contributed by atoms with Gasteiger partial charge in [-0.25, -0.2) is 4.39 Å². The normalized spacial score (nSPS) is 16.9. The van der Waals surface area contributed by atoms with Crippen LogP contribution in [0.4, 0.5) is 10.1 Å².